The fraction of sp³-hybridized carbons (Fsp3) is 1.00. The van der Waals surface area contributed by atoms with Crippen molar-refractivity contribution in [2.24, 2.45) is 0 Å². The topological polar surface area (TPSA) is 26.3 Å². The molecular formula is C2H5BO2S. The predicted molar refractivity (Wildman–Crippen MR) is 25.5 cm³/mol. The Labute approximate surface area is 40.7 Å². The minimum absolute atomic E-state index is 0.329. The first-order valence-corrected chi connectivity index (χ1v) is 2.44. The molecule has 6 heavy (non-hydrogen) atoms. The van der Waals surface area contributed by atoms with Crippen molar-refractivity contribution in [3.8, 4) is 0 Å². The first-order valence-electron chi connectivity index (χ1n) is 1.63. The number of hydrogen-bond donors (Lipinski definition) is 0. The van der Waals surface area contributed by atoms with E-state index in [0.29, 0.717) is 17.7 Å². The van der Waals surface area contributed by atoms with Crippen LogP contribution in [-0.2, 0) is 15.7 Å². The average molecular weight is 104 g/mol. The van der Waals surface area contributed by atoms with Crippen LogP contribution in [0.4, 0.5) is 0 Å². The maximum absolute atomic E-state index is 9.42. The van der Waals surface area contributed by atoms with Gasteiger partial charge in [-0.25, -0.2) is 0 Å². The van der Waals surface area contributed by atoms with Crippen molar-refractivity contribution < 1.29 is 8.86 Å². The van der Waals surface area contributed by atoms with Gasteiger partial charge in [-0.1, -0.05) is 0 Å². The molecule has 0 aliphatic rings. The van der Waals surface area contributed by atoms with Gasteiger partial charge in [0, 0.05) is 0 Å². The summed E-state index contributed by atoms with van der Waals surface area (Å²) in [7, 11) is 0. The van der Waals surface area contributed by atoms with Gasteiger partial charge in [0.25, 0.3) is 0 Å². The standard InChI is InChI=1S/C2H5BO2S/c1-2-5-3-6-4/h2H2,1H3. The van der Waals surface area contributed by atoms with Gasteiger partial charge < -0.3 is 0 Å². The Kier molecular flexibility index (Phi) is 5.08. The molecule has 0 radical (unpaired) electrons. The van der Waals surface area contributed by atoms with E-state index in [0.717, 1.165) is 0 Å². The zero-order chi connectivity index (χ0) is 4.83. The van der Waals surface area contributed by atoms with E-state index in [2.05, 4.69) is 4.65 Å². The van der Waals surface area contributed by atoms with Crippen molar-refractivity contribution >= 4 is 17.5 Å². The van der Waals surface area contributed by atoms with Crippen molar-refractivity contribution in [2.75, 3.05) is 6.61 Å². The zero-order valence-electron chi connectivity index (χ0n) is 3.51. The molecule has 0 aliphatic carbocycles. The summed E-state index contributed by atoms with van der Waals surface area (Å²) < 4.78 is 13.9. The Morgan fingerprint density at radius 3 is 2.83 bits per heavy atom. The summed E-state index contributed by atoms with van der Waals surface area (Å²) in [6.45, 7) is 2.40. The van der Waals surface area contributed by atoms with E-state index in [9.17, 15) is 4.21 Å². The van der Waals surface area contributed by atoms with Gasteiger partial charge in [0.15, 0.2) is 0 Å². The van der Waals surface area contributed by atoms with Crippen LogP contribution in [0.25, 0.3) is 0 Å². The predicted octanol–water partition coefficient (Wildman–Crippen LogP) is -0.230. The Morgan fingerprint density at radius 1 is 2.00 bits per heavy atom. The summed E-state index contributed by atoms with van der Waals surface area (Å²) >= 11 is 0.329. The third-order valence-electron chi connectivity index (χ3n) is 0.274. The van der Waals surface area contributed by atoms with E-state index in [4.69, 9.17) is 0 Å². The third kappa shape index (κ3) is 4.04. The van der Waals surface area contributed by atoms with Crippen molar-refractivity contribution in [3.05, 3.63) is 0 Å². The molecule has 0 spiro atoms. The van der Waals surface area contributed by atoms with Crippen LogP contribution < -0.4 is 0 Å². The first kappa shape index (κ1) is 6.04. The van der Waals surface area contributed by atoms with E-state index in [1.54, 1.807) is 0 Å². The second-order valence-corrected chi connectivity index (χ2v) is 1.03. The van der Waals surface area contributed by atoms with Gasteiger partial charge in [-0.05, 0) is 0 Å². The fourth-order valence-corrected chi connectivity index (χ4v) is 0.287. The third-order valence-corrected chi connectivity index (χ3v) is 0.489. The van der Waals surface area contributed by atoms with E-state index in [-0.39, 0.29) is 0 Å². The van der Waals surface area contributed by atoms with Crippen LogP contribution in [0.1, 0.15) is 6.92 Å². The molecule has 4 heteroatoms. The zero-order valence-corrected chi connectivity index (χ0v) is 4.33. The van der Waals surface area contributed by atoms with Gasteiger partial charge in [-0.3, -0.25) is 0 Å². The van der Waals surface area contributed by atoms with Crippen molar-refractivity contribution in [3.63, 3.8) is 0 Å². The fourth-order valence-electron chi connectivity index (χ4n) is 0.0958. The van der Waals surface area contributed by atoms with Crippen molar-refractivity contribution in [1.82, 2.24) is 0 Å². The van der Waals surface area contributed by atoms with Gasteiger partial charge in [0.05, 0.1) is 0 Å². The van der Waals surface area contributed by atoms with E-state index >= 15 is 0 Å². The van der Waals surface area contributed by atoms with Crippen LogP contribution in [0, 0.1) is 0 Å². The summed E-state index contributed by atoms with van der Waals surface area (Å²) in [5, 5.41) is 0. The maximum atomic E-state index is 9.42. The molecule has 2 nitrogen and oxygen atoms in total. The average Bonchev–Trinajstić information content (AvgIpc) is 1.61. The van der Waals surface area contributed by atoms with Gasteiger partial charge >= 0.3 is 39.8 Å². The molecule has 0 saturated heterocycles. The molecule has 0 aromatic heterocycles. The molecule has 0 rings (SSSR count). The van der Waals surface area contributed by atoms with Gasteiger partial charge in [0.1, 0.15) is 0 Å². The molecule has 34 valence electrons. The van der Waals surface area contributed by atoms with E-state index in [1.165, 1.54) is 6.36 Å². The van der Waals surface area contributed by atoms with Crippen LogP contribution in [0.15, 0.2) is 0 Å². The molecule has 0 aromatic rings. The molecule has 0 heterocycles. The Hall–Kier alpha value is 0.0449. The van der Waals surface area contributed by atoms with Crippen LogP contribution in [0.2, 0.25) is 0 Å². The quantitative estimate of drug-likeness (QED) is 0.452. The summed E-state index contributed by atoms with van der Waals surface area (Å²) in [5.74, 6) is 0. The first-order chi connectivity index (χ1) is 2.91. The number of hydrogen-bond acceptors (Lipinski definition) is 2. The Balaban J connectivity index is 2.86. The van der Waals surface area contributed by atoms with Gasteiger partial charge in [-0.15, -0.1) is 0 Å². The molecule has 0 unspecified atom stereocenters. The summed E-state index contributed by atoms with van der Waals surface area (Å²) in [5.41, 5.74) is 0. The van der Waals surface area contributed by atoms with E-state index in [1.807, 2.05) is 6.92 Å². The Morgan fingerprint density at radius 2 is 2.67 bits per heavy atom. The Bertz CT molecular complexity index is 67.9. The molecule has 0 bridgehead atoms. The van der Waals surface area contributed by atoms with Gasteiger partial charge in [0.2, 0.25) is 0 Å². The summed E-state index contributed by atoms with van der Waals surface area (Å²) in [6, 6.07) is 0. The second kappa shape index (κ2) is 5.04. The minimum atomic E-state index is 0.329. The molecule has 0 amide bonds. The van der Waals surface area contributed by atoms with Crippen molar-refractivity contribution in [1.29, 1.82) is 0 Å². The second-order valence-electron chi connectivity index (χ2n) is 0.648. The van der Waals surface area contributed by atoms with E-state index < -0.39 is 0 Å². The molecule has 0 saturated carbocycles. The molecule has 0 aliphatic heterocycles. The molecule has 0 atom stereocenters. The summed E-state index contributed by atoms with van der Waals surface area (Å²) in [4.78, 5) is 0. The monoisotopic (exact) mass is 104 g/mol. The van der Waals surface area contributed by atoms with Crippen LogP contribution in [0.5, 0.6) is 0 Å². The molecular weight excluding hydrogens is 98.9 g/mol. The van der Waals surface area contributed by atoms with Crippen LogP contribution in [-0.4, -0.2) is 17.2 Å². The molecule has 0 fully saturated rings. The van der Waals surface area contributed by atoms with Gasteiger partial charge in [-0.2, -0.15) is 0 Å². The summed E-state index contributed by atoms with van der Waals surface area (Å²) in [6.07, 6.45) is 1.17. The molecule has 0 N–H and O–H groups in total. The SMILES string of the molecule is CCOB=S=O. The van der Waals surface area contributed by atoms with Crippen LogP contribution in [0.3, 0.4) is 0 Å². The normalized spacial score (nSPS) is 6.83. The number of rotatable bonds is 2. The van der Waals surface area contributed by atoms with Crippen LogP contribution >= 0.6 is 0 Å². The molecule has 0 aromatic carbocycles. The van der Waals surface area contributed by atoms with Crippen molar-refractivity contribution in [2.45, 2.75) is 6.92 Å².